The van der Waals surface area contributed by atoms with Gasteiger partial charge < -0.3 is 10.6 Å². The number of hydrogen-bond acceptors (Lipinski definition) is 4. The van der Waals surface area contributed by atoms with Gasteiger partial charge in [-0.1, -0.05) is 61.9 Å². The summed E-state index contributed by atoms with van der Waals surface area (Å²) in [5.74, 6) is 0.647. The van der Waals surface area contributed by atoms with Gasteiger partial charge in [-0.15, -0.1) is 0 Å². The molecule has 5 nitrogen and oxygen atoms in total. The number of nitrogens with zero attached hydrogens (tertiary/aromatic N) is 1. The minimum atomic E-state index is 0.00101. The van der Waals surface area contributed by atoms with E-state index in [1.54, 1.807) is 12.3 Å². The lowest BCUT2D eigenvalue weighted by molar-refractivity contribution is -0.116. The fraction of sp³-hybridized carbons (Fsp3) is 0.208. The highest BCUT2D eigenvalue weighted by Gasteiger charge is 2.08. The maximum atomic E-state index is 12.0. The SMILES string of the molecule is CCCCC(=O)Nc1cccnc1NCc1ccc(-c2ccccc2C=O)cc1. The number of aldehydes is 1. The van der Waals surface area contributed by atoms with Crippen LogP contribution in [0.15, 0.2) is 66.9 Å². The van der Waals surface area contributed by atoms with Gasteiger partial charge in [-0.2, -0.15) is 0 Å². The first-order valence-electron chi connectivity index (χ1n) is 9.83. The largest absolute Gasteiger partial charge is 0.364 e. The van der Waals surface area contributed by atoms with Crippen molar-refractivity contribution in [1.29, 1.82) is 0 Å². The van der Waals surface area contributed by atoms with E-state index in [4.69, 9.17) is 0 Å². The molecule has 148 valence electrons. The van der Waals surface area contributed by atoms with E-state index in [2.05, 4.69) is 22.5 Å². The van der Waals surface area contributed by atoms with Gasteiger partial charge in [-0.3, -0.25) is 9.59 Å². The third-order valence-corrected chi connectivity index (χ3v) is 4.65. The molecule has 1 aromatic heterocycles. The first kappa shape index (κ1) is 20.3. The molecule has 1 amide bonds. The van der Waals surface area contributed by atoms with Gasteiger partial charge in [0, 0.05) is 24.7 Å². The van der Waals surface area contributed by atoms with E-state index in [1.165, 1.54) is 0 Å². The molecule has 0 aliphatic carbocycles. The topological polar surface area (TPSA) is 71.1 Å². The van der Waals surface area contributed by atoms with Gasteiger partial charge in [-0.25, -0.2) is 4.98 Å². The lowest BCUT2D eigenvalue weighted by atomic mass is 9.99. The van der Waals surface area contributed by atoms with Crippen molar-refractivity contribution in [3.8, 4) is 11.1 Å². The highest BCUT2D eigenvalue weighted by molar-refractivity contribution is 5.93. The van der Waals surface area contributed by atoms with E-state index in [1.807, 2.05) is 54.6 Å². The molecule has 2 aromatic carbocycles. The van der Waals surface area contributed by atoms with Crippen molar-refractivity contribution < 1.29 is 9.59 Å². The third-order valence-electron chi connectivity index (χ3n) is 4.65. The van der Waals surface area contributed by atoms with Gasteiger partial charge in [0.1, 0.15) is 5.82 Å². The van der Waals surface area contributed by atoms with Crippen LogP contribution in [0.3, 0.4) is 0 Å². The zero-order valence-electron chi connectivity index (χ0n) is 16.5. The number of aromatic nitrogens is 1. The summed E-state index contributed by atoms with van der Waals surface area (Å²) >= 11 is 0. The van der Waals surface area contributed by atoms with Crippen molar-refractivity contribution >= 4 is 23.7 Å². The van der Waals surface area contributed by atoms with Crippen LogP contribution in [0, 0.1) is 0 Å². The van der Waals surface area contributed by atoms with Crippen LogP contribution in [0.5, 0.6) is 0 Å². The molecule has 0 unspecified atom stereocenters. The minimum Gasteiger partial charge on any atom is -0.364 e. The zero-order valence-corrected chi connectivity index (χ0v) is 16.5. The summed E-state index contributed by atoms with van der Waals surface area (Å²) in [5.41, 5.74) is 4.36. The summed E-state index contributed by atoms with van der Waals surface area (Å²) in [6.07, 6.45) is 4.94. The first-order valence-corrected chi connectivity index (χ1v) is 9.83. The first-order chi connectivity index (χ1) is 14.2. The Labute approximate surface area is 171 Å². The van der Waals surface area contributed by atoms with Crippen molar-refractivity contribution in [3.05, 3.63) is 78.0 Å². The summed E-state index contributed by atoms with van der Waals surface area (Å²) in [7, 11) is 0. The van der Waals surface area contributed by atoms with Gasteiger partial charge in [-0.05, 0) is 35.2 Å². The normalized spacial score (nSPS) is 10.4. The molecule has 5 heteroatoms. The molecule has 0 radical (unpaired) electrons. The van der Waals surface area contributed by atoms with Gasteiger partial charge in [0.2, 0.25) is 5.91 Å². The predicted molar refractivity (Wildman–Crippen MR) is 117 cm³/mol. The number of hydrogen-bond donors (Lipinski definition) is 2. The van der Waals surface area contributed by atoms with Crippen molar-refractivity contribution in [1.82, 2.24) is 4.98 Å². The van der Waals surface area contributed by atoms with Gasteiger partial charge in [0.05, 0.1) is 5.69 Å². The van der Waals surface area contributed by atoms with Gasteiger partial charge in [0.25, 0.3) is 0 Å². The fourth-order valence-electron chi connectivity index (χ4n) is 3.05. The Balaban J connectivity index is 1.66. The van der Waals surface area contributed by atoms with E-state index >= 15 is 0 Å². The second-order valence-electron chi connectivity index (χ2n) is 6.81. The van der Waals surface area contributed by atoms with Crippen molar-refractivity contribution in [3.63, 3.8) is 0 Å². The number of carbonyl (C=O) groups excluding carboxylic acids is 2. The molecule has 0 fully saturated rings. The van der Waals surface area contributed by atoms with Crippen LogP contribution in [-0.2, 0) is 11.3 Å². The summed E-state index contributed by atoms with van der Waals surface area (Å²) in [6, 6.07) is 19.2. The summed E-state index contributed by atoms with van der Waals surface area (Å²) in [6.45, 7) is 2.64. The average molecular weight is 387 g/mol. The van der Waals surface area contributed by atoms with Crippen LogP contribution < -0.4 is 10.6 Å². The van der Waals surface area contributed by atoms with Crippen molar-refractivity contribution in [2.45, 2.75) is 32.7 Å². The molecule has 0 spiro atoms. The van der Waals surface area contributed by atoms with E-state index in [0.29, 0.717) is 30.0 Å². The highest BCUT2D eigenvalue weighted by atomic mass is 16.1. The number of unbranched alkanes of at least 4 members (excludes halogenated alkanes) is 1. The van der Waals surface area contributed by atoms with E-state index in [9.17, 15) is 9.59 Å². The summed E-state index contributed by atoms with van der Waals surface area (Å²) < 4.78 is 0. The van der Waals surface area contributed by atoms with Gasteiger partial charge in [0.15, 0.2) is 6.29 Å². The number of pyridine rings is 1. The number of anilines is 2. The summed E-state index contributed by atoms with van der Waals surface area (Å²) in [4.78, 5) is 27.6. The molecule has 2 N–H and O–H groups in total. The van der Waals surface area contributed by atoms with Crippen LogP contribution in [0.2, 0.25) is 0 Å². The van der Waals surface area contributed by atoms with E-state index in [-0.39, 0.29) is 5.91 Å². The number of rotatable bonds is 9. The number of carbonyl (C=O) groups is 2. The molecule has 3 rings (SSSR count). The minimum absolute atomic E-state index is 0.00101. The highest BCUT2D eigenvalue weighted by Crippen LogP contribution is 2.24. The van der Waals surface area contributed by atoms with E-state index < -0.39 is 0 Å². The molecule has 0 aliphatic heterocycles. The number of benzene rings is 2. The molecule has 1 heterocycles. The molecule has 3 aromatic rings. The van der Waals surface area contributed by atoms with Crippen LogP contribution in [0.4, 0.5) is 11.5 Å². The van der Waals surface area contributed by atoms with Crippen LogP contribution >= 0.6 is 0 Å². The molecule has 0 atom stereocenters. The fourth-order valence-corrected chi connectivity index (χ4v) is 3.05. The standard InChI is InChI=1S/C24H25N3O2/c1-2-3-10-23(29)27-22-9-6-15-25-24(22)26-16-18-11-13-19(14-12-18)21-8-5-4-7-20(21)17-28/h4-9,11-15,17H,2-3,10,16H2,1H3,(H,25,26)(H,27,29). The molecular formula is C24H25N3O2. The summed E-state index contributed by atoms with van der Waals surface area (Å²) in [5, 5.41) is 6.22. The maximum absolute atomic E-state index is 12.0. The molecule has 0 saturated heterocycles. The number of amides is 1. The van der Waals surface area contributed by atoms with Crippen molar-refractivity contribution in [2.24, 2.45) is 0 Å². The lowest BCUT2D eigenvalue weighted by Crippen LogP contribution is -2.13. The molecular weight excluding hydrogens is 362 g/mol. The molecule has 0 aliphatic rings. The Morgan fingerprint density at radius 3 is 2.59 bits per heavy atom. The Morgan fingerprint density at radius 2 is 1.83 bits per heavy atom. The smallest absolute Gasteiger partial charge is 0.224 e. The molecule has 29 heavy (non-hydrogen) atoms. The second kappa shape index (κ2) is 10.2. The molecule has 0 saturated carbocycles. The Bertz CT molecular complexity index is 968. The molecule has 0 bridgehead atoms. The lowest BCUT2D eigenvalue weighted by Gasteiger charge is -2.12. The second-order valence-corrected chi connectivity index (χ2v) is 6.81. The van der Waals surface area contributed by atoms with Gasteiger partial charge >= 0.3 is 0 Å². The quantitative estimate of drug-likeness (QED) is 0.489. The van der Waals surface area contributed by atoms with Crippen LogP contribution in [0.1, 0.15) is 42.1 Å². The average Bonchev–Trinajstić information content (AvgIpc) is 2.77. The number of nitrogens with one attached hydrogen (secondary N) is 2. The predicted octanol–water partition coefficient (Wildman–Crippen LogP) is 5.30. The monoisotopic (exact) mass is 387 g/mol. The third kappa shape index (κ3) is 5.51. The van der Waals surface area contributed by atoms with E-state index in [0.717, 1.165) is 35.8 Å². The van der Waals surface area contributed by atoms with Crippen LogP contribution in [0.25, 0.3) is 11.1 Å². The Hall–Kier alpha value is -3.47. The van der Waals surface area contributed by atoms with Crippen molar-refractivity contribution in [2.75, 3.05) is 10.6 Å². The van der Waals surface area contributed by atoms with Crippen LogP contribution in [-0.4, -0.2) is 17.2 Å². The Morgan fingerprint density at radius 1 is 1.03 bits per heavy atom. The maximum Gasteiger partial charge on any atom is 0.224 e. The zero-order chi connectivity index (χ0) is 20.5. The Kier molecular flexibility index (Phi) is 7.11.